The molecule has 0 spiro atoms. The third-order valence-electron chi connectivity index (χ3n) is 5.01. The fourth-order valence-electron chi connectivity index (χ4n) is 3.41. The molecular weight excluding hydrogens is 332 g/mol. The Hall–Kier alpha value is -2.41. The van der Waals surface area contributed by atoms with Gasteiger partial charge in [-0.1, -0.05) is 0 Å². The molecule has 2 saturated heterocycles. The Morgan fingerprint density at radius 1 is 1.12 bits per heavy atom. The van der Waals surface area contributed by atoms with E-state index in [9.17, 15) is 14.4 Å². The van der Waals surface area contributed by atoms with Gasteiger partial charge < -0.3 is 20.4 Å². The van der Waals surface area contributed by atoms with E-state index < -0.39 is 0 Å². The molecule has 0 radical (unpaired) electrons. The number of nitrogens with zero attached hydrogens (tertiary/aromatic N) is 2. The van der Waals surface area contributed by atoms with Crippen LogP contribution in [0.25, 0.3) is 0 Å². The first kappa shape index (κ1) is 18.4. The minimum atomic E-state index is -0.289. The first-order valence-electron chi connectivity index (χ1n) is 9.19. The van der Waals surface area contributed by atoms with E-state index in [1.54, 1.807) is 29.2 Å². The van der Waals surface area contributed by atoms with Gasteiger partial charge in [-0.05, 0) is 63.7 Å². The Kier molecular flexibility index (Phi) is 5.88. The van der Waals surface area contributed by atoms with Crippen LogP contribution < -0.4 is 15.5 Å². The highest BCUT2D eigenvalue weighted by Crippen LogP contribution is 2.21. The van der Waals surface area contributed by atoms with Crippen molar-refractivity contribution in [2.45, 2.75) is 31.7 Å². The van der Waals surface area contributed by atoms with E-state index in [0.29, 0.717) is 12.0 Å². The molecule has 0 saturated carbocycles. The second kappa shape index (κ2) is 8.31. The number of carbonyl (C=O) groups excluding carboxylic acids is 3. The SMILES string of the molecule is CN1CCC(NC(=O)CNC(=O)c2ccc(N3CCCC3=O)cc2)CC1. The number of anilines is 1. The molecule has 2 fully saturated rings. The third kappa shape index (κ3) is 4.60. The van der Waals surface area contributed by atoms with Crippen molar-refractivity contribution in [1.82, 2.24) is 15.5 Å². The van der Waals surface area contributed by atoms with Gasteiger partial charge in [0.15, 0.2) is 0 Å². The van der Waals surface area contributed by atoms with Gasteiger partial charge >= 0.3 is 0 Å². The maximum atomic E-state index is 12.2. The summed E-state index contributed by atoms with van der Waals surface area (Å²) in [6.45, 7) is 2.64. The minimum Gasteiger partial charge on any atom is -0.352 e. The van der Waals surface area contributed by atoms with Gasteiger partial charge in [-0.2, -0.15) is 0 Å². The quantitative estimate of drug-likeness (QED) is 0.814. The zero-order valence-corrected chi connectivity index (χ0v) is 15.2. The van der Waals surface area contributed by atoms with E-state index in [2.05, 4.69) is 22.6 Å². The number of likely N-dealkylation sites (tertiary alicyclic amines) is 1. The predicted molar refractivity (Wildman–Crippen MR) is 99.0 cm³/mol. The average Bonchev–Trinajstić information content (AvgIpc) is 3.08. The van der Waals surface area contributed by atoms with E-state index in [1.807, 2.05) is 0 Å². The molecule has 0 aliphatic carbocycles. The summed E-state index contributed by atoms with van der Waals surface area (Å²) >= 11 is 0. The summed E-state index contributed by atoms with van der Waals surface area (Å²) in [7, 11) is 2.07. The number of nitrogens with one attached hydrogen (secondary N) is 2. The smallest absolute Gasteiger partial charge is 0.251 e. The highest BCUT2D eigenvalue weighted by molar-refractivity contribution is 5.98. The molecule has 0 bridgehead atoms. The third-order valence-corrected chi connectivity index (χ3v) is 5.01. The van der Waals surface area contributed by atoms with Crippen LogP contribution in [-0.2, 0) is 9.59 Å². The number of rotatable bonds is 5. The summed E-state index contributed by atoms with van der Waals surface area (Å²) in [5.74, 6) is -0.331. The van der Waals surface area contributed by atoms with Gasteiger partial charge in [0.05, 0.1) is 6.54 Å². The predicted octanol–water partition coefficient (Wildman–Crippen LogP) is 0.754. The Morgan fingerprint density at radius 3 is 2.42 bits per heavy atom. The van der Waals surface area contributed by atoms with Crippen LogP contribution in [0.1, 0.15) is 36.0 Å². The monoisotopic (exact) mass is 358 g/mol. The number of benzene rings is 1. The van der Waals surface area contributed by atoms with Crippen molar-refractivity contribution in [3.05, 3.63) is 29.8 Å². The summed E-state index contributed by atoms with van der Waals surface area (Å²) in [5.41, 5.74) is 1.29. The average molecular weight is 358 g/mol. The van der Waals surface area contributed by atoms with E-state index in [4.69, 9.17) is 0 Å². The fourth-order valence-corrected chi connectivity index (χ4v) is 3.41. The molecule has 140 valence electrons. The first-order valence-corrected chi connectivity index (χ1v) is 9.19. The molecule has 3 amide bonds. The van der Waals surface area contributed by atoms with Crippen LogP contribution in [0.3, 0.4) is 0 Å². The van der Waals surface area contributed by atoms with Crippen LogP contribution in [0.2, 0.25) is 0 Å². The number of hydrogen-bond donors (Lipinski definition) is 2. The Bertz CT molecular complexity index is 666. The van der Waals surface area contributed by atoms with Gasteiger partial charge in [0.1, 0.15) is 0 Å². The number of piperidine rings is 1. The lowest BCUT2D eigenvalue weighted by Crippen LogP contribution is -2.46. The molecule has 2 heterocycles. The Labute approximate surface area is 153 Å². The summed E-state index contributed by atoms with van der Waals surface area (Å²) in [6.07, 6.45) is 3.32. The van der Waals surface area contributed by atoms with Gasteiger partial charge in [-0.15, -0.1) is 0 Å². The lowest BCUT2D eigenvalue weighted by Gasteiger charge is -2.29. The van der Waals surface area contributed by atoms with E-state index in [-0.39, 0.29) is 30.3 Å². The van der Waals surface area contributed by atoms with Gasteiger partial charge in [-0.25, -0.2) is 0 Å². The van der Waals surface area contributed by atoms with Gasteiger partial charge in [0.25, 0.3) is 5.91 Å². The van der Waals surface area contributed by atoms with Crippen LogP contribution in [0.5, 0.6) is 0 Å². The molecule has 2 aliphatic heterocycles. The summed E-state index contributed by atoms with van der Waals surface area (Å²) in [5, 5.41) is 5.63. The second-order valence-corrected chi connectivity index (χ2v) is 7.02. The highest BCUT2D eigenvalue weighted by Gasteiger charge is 2.22. The molecule has 7 heteroatoms. The molecule has 0 unspecified atom stereocenters. The first-order chi connectivity index (χ1) is 12.5. The number of carbonyl (C=O) groups is 3. The standard InChI is InChI=1S/C19H26N4O3/c1-22-11-8-15(9-12-22)21-17(24)13-20-19(26)14-4-6-16(7-5-14)23-10-2-3-18(23)25/h4-7,15H,2-3,8-13H2,1H3,(H,20,26)(H,21,24). The largest absolute Gasteiger partial charge is 0.352 e. The topological polar surface area (TPSA) is 81.8 Å². The van der Waals surface area contributed by atoms with Crippen LogP contribution in [0, 0.1) is 0 Å². The lowest BCUT2D eigenvalue weighted by atomic mass is 10.1. The molecule has 1 aromatic rings. The van der Waals surface area contributed by atoms with Crippen molar-refractivity contribution in [1.29, 1.82) is 0 Å². The number of hydrogen-bond acceptors (Lipinski definition) is 4. The van der Waals surface area contributed by atoms with Crippen LogP contribution in [-0.4, -0.2) is 61.9 Å². The van der Waals surface area contributed by atoms with Gasteiger partial charge in [0, 0.05) is 30.3 Å². The molecule has 0 aromatic heterocycles. The molecule has 3 rings (SSSR count). The Balaban J connectivity index is 1.45. The van der Waals surface area contributed by atoms with Gasteiger partial charge in [0.2, 0.25) is 11.8 Å². The van der Waals surface area contributed by atoms with Crippen LogP contribution in [0.15, 0.2) is 24.3 Å². The summed E-state index contributed by atoms with van der Waals surface area (Å²) in [4.78, 5) is 39.9. The normalized spacial score (nSPS) is 18.8. The molecule has 2 N–H and O–H groups in total. The Morgan fingerprint density at radius 2 is 1.81 bits per heavy atom. The maximum absolute atomic E-state index is 12.2. The molecule has 1 aromatic carbocycles. The fraction of sp³-hybridized carbons (Fsp3) is 0.526. The van der Waals surface area contributed by atoms with Gasteiger partial charge in [-0.3, -0.25) is 14.4 Å². The lowest BCUT2D eigenvalue weighted by molar-refractivity contribution is -0.121. The minimum absolute atomic E-state index is 0.0302. The van der Waals surface area contributed by atoms with Crippen molar-refractivity contribution in [3.63, 3.8) is 0 Å². The molecule has 7 nitrogen and oxygen atoms in total. The van der Waals surface area contributed by atoms with E-state index in [0.717, 1.165) is 44.6 Å². The van der Waals surface area contributed by atoms with Crippen molar-refractivity contribution < 1.29 is 14.4 Å². The van der Waals surface area contributed by atoms with E-state index >= 15 is 0 Å². The zero-order chi connectivity index (χ0) is 18.5. The van der Waals surface area contributed by atoms with Crippen molar-refractivity contribution in [2.24, 2.45) is 0 Å². The molecule has 26 heavy (non-hydrogen) atoms. The van der Waals surface area contributed by atoms with Crippen LogP contribution in [0.4, 0.5) is 5.69 Å². The summed E-state index contributed by atoms with van der Waals surface area (Å²) < 4.78 is 0. The van der Waals surface area contributed by atoms with Crippen molar-refractivity contribution in [2.75, 3.05) is 38.1 Å². The summed E-state index contributed by atoms with van der Waals surface area (Å²) in [6, 6.07) is 7.11. The molecular formula is C19H26N4O3. The van der Waals surface area contributed by atoms with E-state index in [1.165, 1.54) is 0 Å². The molecule has 0 atom stereocenters. The number of amides is 3. The van der Waals surface area contributed by atoms with Crippen molar-refractivity contribution >= 4 is 23.4 Å². The highest BCUT2D eigenvalue weighted by atomic mass is 16.2. The van der Waals surface area contributed by atoms with Crippen LogP contribution >= 0.6 is 0 Å². The zero-order valence-electron chi connectivity index (χ0n) is 15.2. The molecule has 2 aliphatic rings. The second-order valence-electron chi connectivity index (χ2n) is 7.02. The maximum Gasteiger partial charge on any atom is 0.251 e. The van der Waals surface area contributed by atoms with Crippen molar-refractivity contribution in [3.8, 4) is 0 Å².